The van der Waals surface area contributed by atoms with Gasteiger partial charge in [0, 0.05) is 27.8 Å². The molecule has 4 aromatic rings. The molecule has 0 N–H and O–H groups in total. The van der Waals surface area contributed by atoms with Crippen molar-refractivity contribution in [3.05, 3.63) is 120 Å². The predicted molar refractivity (Wildman–Crippen MR) is 193 cm³/mol. The molecule has 0 saturated carbocycles. The molecule has 268 valence electrons. The highest BCUT2D eigenvalue weighted by atomic mass is 32.2. The van der Waals surface area contributed by atoms with E-state index >= 15 is 0 Å². The molecule has 0 bridgehead atoms. The van der Waals surface area contributed by atoms with Crippen LogP contribution in [-0.2, 0) is 51.6 Å². The molecular weight excluding hydrogens is 672 g/mol. The van der Waals surface area contributed by atoms with Crippen LogP contribution < -0.4 is 9.47 Å². The number of carbonyl (C=O) groups excluding carboxylic acids is 2. The van der Waals surface area contributed by atoms with Gasteiger partial charge in [-0.3, -0.25) is 0 Å². The minimum atomic E-state index is -3.99. The molecule has 10 nitrogen and oxygen atoms in total. The predicted octanol–water partition coefficient (Wildman–Crippen LogP) is 7.14. The molecule has 0 aliphatic heterocycles. The minimum Gasteiger partial charge on any atom is -0.496 e. The highest BCUT2D eigenvalue weighted by molar-refractivity contribution is 7.91. The van der Waals surface area contributed by atoms with Gasteiger partial charge in [-0.2, -0.15) is 0 Å². The third-order valence-corrected chi connectivity index (χ3v) is 9.48. The third-order valence-electron chi connectivity index (χ3n) is 7.66. The van der Waals surface area contributed by atoms with E-state index in [1.165, 1.54) is 7.11 Å². The van der Waals surface area contributed by atoms with E-state index in [-0.39, 0.29) is 49.4 Å². The maximum atomic E-state index is 14.2. The number of carbonyl (C=O) groups is 2. The Bertz CT molecular complexity index is 1980. The van der Waals surface area contributed by atoms with Crippen molar-refractivity contribution in [1.29, 1.82) is 0 Å². The number of methoxy groups -OCH3 is 2. The average molecular weight is 715 g/mol. The average Bonchev–Trinajstić information content (AvgIpc) is 3.14. The van der Waals surface area contributed by atoms with Gasteiger partial charge in [0.25, 0.3) is 0 Å². The summed E-state index contributed by atoms with van der Waals surface area (Å²) in [5.41, 5.74) is 4.42. The Labute approximate surface area is 299 Å². The Morgan fingerprint density at radius 3 is 1.65 bits per heavy atom. The number of benzene rings is 4. The Balaban J connectivity index is 1.76. The smallest absolute Gasteiger partial charge is 0.333 e. The lowest BCUT2D eigenvalue weighted by atomic mass is 9.92. The Morgan fingerprint density at radius 1 is 0.627 bits per heavy atom. The van der Waals surface area contributed by atoms with Crippen LogP contribution in [0.4, 0.5) is 0 Å². The summed E-state index contributed by atoms with van der Waals surface area (Å²) in [6, 6.07) is 24.4. The van der Waals surface area contributed by atoms with Crippen LogP contribution in [0.15, 0.2) is 119 Å². The molecule has 4 rings (SSSR count). The van der Waals surface area contributed by atoms with Gasteiger partial charge in [0.05, 0.1) is 50.4 Å². The van der Waals surface area contributed by atoms with Crippen molar-refractivity contribution in [1.82, 2.24) is 0 Å². The third kappa shape index (κ3) is 9.94. The van der Waals surface area contributed by atoms with Crippen molar-refractivity contribution in [3.63, 3.8) is 0 Å². The number of rotatable bonds is 18. The molecule has 0 aliphatic rings. The van der Waals surface area contributed by atoms with E-state index < -0.39 is 21.8 Å². The van der Waals surface area contributed by atoms with Gasteiger partial charge in [-0.05, 0) is 73.0 Å². The van der Waals surface area contributed by atoms with Crippen molar-refractivity contribution < 1.29 is 46.4 Å². The summed E-state index contributed by atoms with van der Waals surface area (Å²) < 4.78 is 61.6. The summed E-state index contributed by atoms with van der Waals surface area (Å²) in [7, 11) is -0.896. The molecule has 0 fully saturated rings. The van der Waals surface area contributed by atoms with Gasteiger partial charge in [-0.1, -0.05) is 55.6 Å². The lowest BCUT2D eigenvalue weighted by molar-refractivity contribution is -0.141. The van der Waals surface area contributed by atoms with Crippen LogP contribution in [0.25, 0.3) is 22.3 Å². The van der Waals surface area contributed by atoms with Gasteiger partial charge >= 0.3 is 11.9 Å². The lowest BCUT2D eigenvalue weighted by Crippen LogP contribution is -2.11. The summed E-state index contributed by atoms with van der Waals surface area (Å²) in [5, 5.41) is 0. The maximum Gasteiger partial charge on any atom is 0.333 e. The number of hydrogen-bond donors (Lipinski definition) is 0. The number of ether oxygens (including phenoxy) is 6. The largest absolute Gasteiger partial charge is 0.496 e. The van der Waals surface area contributed by atoms with E-state index in [1.807, 2.05) is 24.3 Å². The maximum absolute atomic E-state index is 14.2. The standard InChI is InChI=1S/C40H42O10S/c1-27(2)39(41)49-21-19-47-25-31-23-29(15-17-35(31)45-5)34-13-10-14-37(51(43,44)33-11-8-7-9-12-33)38(34)30-16-18-36(46-6)32(24-30)26-48-20-22-50-40(42)28(3)4/h7-18,23-24H,1,3,19-22,25-26H2,2,4-6H3. The fraction of sp³-hybridized carbons (Fsp3) is 0.250. The van der Waals surface area contributed by atoms with Crippen LogP contribution in [0.2, 0.25) is 0 Å². The zero-order valence-corrected chi connectivity index (χ0v) is 30.0. The first-order valence-electron chi connectivity index (χ1n) is 16.1. The first-order chi connectivity index (χ1) is 24.5. The fourth-order valence-corrected chi connectivity index (χ4v) is 6.65. The van der Waals surface area contributed by atoms with E-state index in [4.69, 9.17) is 28.4 Å². The highest BCUT2D eigenvalue weighted by Crippen LogP contribution is 2.41. The van der Waals surface area contributed by atoms with Crippen LogP contribution in [0.5, 0.6) is 11.5 Å². The van der Waals surface area contributed by atoms with Crippen molar-refractivity contribution >= 4 is 21.8 Å². The second-order valence-electron chi connectivity index (χ2n) is 11.5. The minimum absolute atomic E-state index is 0.0408. The number of hydrogen-bond acceptors (Lipinski definition) is 10. The van der Waals surface area contributed by atoms with Gasteiger partial charge in [0.15, 0.2) is 0 Å². The molecule has 0 aliphatic carbocycles. The molecule has 0 aromatic heterocycles. The Morgan fingerprint density at radius 2 is 1.14 bits per heavy atom. The van der Waals surface area contributed by atoms with Gasteiger partial charge in [-0.25, -0.2) is 18.0 Å². The van der Waals surface area contributed by atoms with Crippen LogP contribution in [0.1, 0.15) is 25.0 Å². The monoisotopic (exact) mass is 714 g/mol. The summed E-state index contributed by atoms with van der Waals surface area (Å²) in [6.45, 7) is 10.9. The topological polar surface area (TPSA) is 124 Å². The quantitative estimate of drug-likeness (QED) is 0.0597. The van der Waals surface area contributed by atoms with Gasteiger partial charge in [-0.15, -0.1) is 0 Å². The molecule has 0 saturated heterocycles. The normalized spacial score (nSPS) is 11.1. The summed E-state index contributed by atoms with van der Waals surface area (Å²) >= 11 is 0. The first-order valence-corrected chi connectivity index (χ1v) is 17.5. The molecule has 51 heavy (non-hydrogen) atoms. The summed E-state index contributed by atoms with van der Waals surface area (Å²) in [4.78, 5) is 23.7. The number of sulfone groups is 1. The van der Waals surface area contributed by atoms with Crippen molar-refractivity contribution in [3.8, 4) is 33.8 Å². The zero-order chi connectivity index (χ0) is 37.0. The molecule has 0 atom stereocenters. The summed E-state index contributed by atoms with van der Waals surface area (Å²) in [5.74, 6) is 0.123. The van der Waals surface area contributed by atoms with Crippen LogP contribution >= 0.6 is 0 Å². The molecule has 0 heterocycles. The van der Waals surface area contributed by atoms with Crippen LogP contribution in [-0.4, -0.2) is 61.0 Å². The van der Waals surface area contributed by atoms with Gasteiger partial charge in [0.1, 0.15) is 24.7 Å². The fourth-order valence-electron chi connectivity index (χ4n) is 5.12. The van der Waals surface area contributed by atoms with Gasteiger partial charge < -0.3 is 28.4 Å². The van der Waals surface area contributed by atoms with E-state index in [9.17, 15) is 18.0 Å². The van der Waals surface area contributed by atoms with Crippen LogP contribution in [0, 0.1) is 0 Å². The molecule has 4 aromatic carbocycles. The molecule has 0 radical (unpaired) electrons. The SMILES string of the molecule is C=C(C)C(=O)OCCOCc1cc(-c2cccc(S(=O)(=O)c3ccccc3)c2-c2ccc(OC)c(COCCOC(=O)C(=C)C)c2)ccc1OC. The number of esters is 2. The molecule has 0 amide bonds. The van der Waals surface area contributed by atoms with E-state index in [0.717, 1.165) is 5.56 Å². The second-order valence-corrected chi connectivity index (χ2v) is 13.4. The van der Waals surface area contributed by atoms with E-state index in [1.54, 1.807) is 81.6 Å². The Kier molecular flexibility index (Phi) is 13.7. The van der Waals surface area contributed by atoms with Crippen molar-refractivity contribution in [2.24, 2.45) is 0 Å². The molecule has 0 spiro atoms. The Hall–Kier alpha value is -5.23. The van der Waals surface area contributed by atoms with E-state index in [0.29, 0.717) is 50.5 Å². The molecule has 0 unspecified atom stereocenters. The van der Waals surface area contributed by atoms with E-state index in [2.05, 4.69) is 13.2 Å². The first kappa shape index (κ1) is 38.6. The lowest BCUT2D eigenvalue weighted by Gasteiger charge is -2.19. The second kappa shape index (κ2) is 18.1. The zero-order valence-electron chi connectivity index (χ0n) is 29.2. The van der Waals surface area contributed by atoms with Crippen molar-refractivity contribution in [2.75, 3.05) is 40.6 Å². The molecule has 11 heteroatoms. The molecular formula is C40H42O10S. The highest BCUT2D eigenvalue weighted by Gasteiger charge is 2.25. The van der Waals surface area contributed by atoms with Crippen molar-refractivity contribution in [2.45, 2.75) is 36.9 Å². The van der Waals surface area contributed by atoms with Crippen LogP contribution in [0.3, 0.4) is 0 Å². The van der Waals surface area contributed by atoms with Gasteiger partial charge in [0.2, 0.25) is 9.84 Å². The summed E-state index contributed by atoms with van der Waals surface area (Å²) in [6.07, 6.45) is 0.